The van der Waals surface area contributed by atoms with Gasteiger partial charge in [-0.15, -0.1) is 0 Å². The molecule has 0 bridgehead atoms. The van der Waals surface area contributed by atoms with E-state index in [1.807, 2.05) is 4.90 Å². The molecule has 4 heteroatoms. The lowest BCUT2D eigenvalue weighted by Crippen LogP contribution is -2.36. The largest absolute Gasteiger partial charge is 0.372 e. The van der Waals surface area contributed by atoms with Gasteiger partial charge in [0.2, 0.25) is 0 Å². The predicted molar refractivity (Wildman–Crippen MR) is 111 cm³/mol. The Morgan fingerprint density at radius 3 is 2.69 bits per heavy atom. The average molecular weight is 411 g/mol. The zero-order valence-electron chi connectivity index (χ0n) is 15.2. The summed E-state index contributed by atoms with van der Waals surface area (Å²) in [4.78, 5) is 17.2. The first-order valence-corrected chi connectivity index (χ1v) is 9.86. The lowest BCUT2D eigenvalue weighted by molar-refractivity contribution is -0.114. The molecule has 0 saturated heterocycles. The molecular weight excluding hydrogens is 388 g/mol. The molecule has 1 amide bonds. The van der Waals surface area contributed by atoms with Gasteiger partial charge in [0.05, 0.1) is 6.04 Å². The van der Waals surface area contributed by atoms with Crippen LogP contribution in [0.15, 0.2) is 53.5 Å². The van der Waals surface area contributed by atoms with Crippen molar-refractivity contribution in [2.75, 3.05) is 23.4 Å². The number of carbonyl (C=O) groups excluding carboxylic acids is 1. The fourth-order valence-corrected chi connectivity index (χ4v) is 4.31. The molecule has 134 valence electrons. The molecule has 3 nitrogen and oxygen atoms in total. The number of likely N-dealkylation sites (N-methyl/N-ethyl adjacent to an activating group) is 1. The molecule has 4 rings (SSSR count). The molecular formula is C22H23BrN2O. The van der Waals surface area contributed by atoms with Crippen LogP contribution >= 0.6 is 15.9 Å². The van der Waals surface area contributed by atoms with Gasteiger partial charge in [0.15, 0.2) is 0 Å². The summed E-state index contributed by atoms with van der Waals surface area (Å²) in [5.41, 5.74) is 5.84. The van der Waals surface area contributed by atoms with Crippen LogP contribution in [-0.2, 0) is 4.79 Å². The molecule has 1 aliphatic carbocycles. The van der Waals surface area contributed by atoms with Crippen LogP contribution in [-0.4, -0.2) is 19.5 Å². The normalized spacial score (nSPS) is 18.6. The van der Waals surface area contributed by atoms with Gasteiger partial charge in [-0.3, -0.25) is 9.69 Å². The minimum Gasteiger partial charge on any atom is -0.372 e. The highest BCUT2D eigenvalue weighted by atomic mass is 79.9. The molecule has 0 N–H and O–H groups in total. The van der Waals surface area contributed by atoms with Crippen LogP contribution in [0.1, 0.15) is 41.5 Å². The zero-order valence-corrected chi connectivity index (χ0v) is 16.8. The third-order valence-electron chi connectivity index (χ3n) is 5.46. The summed E-state index contributed by atoms with van der Waals surface area (Å²) in [7, 11) is 2.09. The number of carbonyl (C=O) groups is 1. The van der Waals surface area contributed by atoms with E-state index in [-0.39, 0.29) is 11.9 Å². The highest BCUT2D eigenvalue weighted by Gasteiger charge is 2.37. The predicted octanol–water partition coefficient (Wildman–Crippen LogP) is 5.35. The lowest BCUT2D eigenvalue weighted by atomic mass is 10.0. The second kappa shape index (κ2) is 6.58. The monoisotopic (exact) mass is 410 g/mol. The van der Waals surface area contributed by atoms with Crippen LogP contribution < -0.4 is 9.80 Å². The summed E-state index contributed by atoms with van der Waals surface area (Å²) in [6, 6.07) is 12.7. The number of fused-ring (bicyclic) bond motifs is 1. The van der Waals surface area contributed by atoms with Crippen LogP contribution in [0.25, 0.3) is 0 Å². The van der Waals surface area contributed by atoms with Crippen molar-refractivity contribution in [1.82, 2.24) is 0 Å². The summed E-state index contributed by atoms with van der Waals surface area (Å²) in [5, 5.41) is 0. The summed E-state index contributed by atoms with van der Waals surface area (Å²) in [5.74, 6) is 0.514. The van der Waals surface area contributed by atoms with E-state index >= 15 is 0 Å². The van der Waals surface area contributed by atoms with Crippen LogP contribution in [0.4, 0.5) is 11.4 Å². The van der Waals surface area contributed by atoms with Gasteiger partial charge in [-0.25, -0.2) is 0 Å². The second-order valence-electron chi connectivity index (χ2n) is 7.30. The summed E-state index contributed by atoms with van der Waals surface area (Å²) >= 11 is 3.67. The van der Waals surface area contributed by atoms with Crippen molar-refractivity contribution in [1.29, 1.82) is 0 Å². The molecule has 26 heavy (non-hydrogen) atoms. The van der Waals surface area contributed by atoms with Gasteiger partial charge in [-0.2, -0.15) is 0 Å². The number of rotatable bonds is 4. The molecule has 1 atom stereocenters. The summed E-state index contributed by atoms with van der Waals surface area (Å²) in [6.45, 7) is 6.64. The van der Waals surface area contributed by atoms with E-state index < -0.39 is 0 Å². The van der Waals surface area contributed by atoms with E-state index in [4.69, 9.17) is 0 Å². The standard InChI is InChI=1S/C22H23BrN2O/c1-4-22(26)25(21-13-24(3)19-8-6-5-7-16(19)21)20-11-14(2)18(23)12-17(20)15-9-10-15/h4-8,11-12,15,21H,1,9-10,13H2,2-3H3. The van der Waals surface area contributed by atoms with Gasteiger partial charge >= 0.3 is 0 Å². The third kappa shape index (κ3) is 2.86. The Kier molecular flexibility index (Phi) is 4.39. The van der Waals surface area contributed by atoms with Crippen LogP contribution in [0.2, 0.25) is 0 Å². The molecule has 1 saturated carbocycles. The average Bonchev–Trinajstić information content (AvgIpc) is 3.43. The molecule has 1 fully saturated rings. The van der Waals surface area contributed by atoms with E-state index in [1.54, 1.807) is 0 Å². The number of benzene rings is 2. The van der Waals surface area contributed by atoms with E-state index in [0.29, 0.717) is 5.92 Å². The van der Waals surface area contributed by atoms with Crippen LogP contribution in [0.3, 0.4) is 0 Å². The fourth-order valence-electron chi connectivity index (χ4n) is 3.94. The van der Waals surface area contributed by atoms with Crippen molar-refractivity contribution in [3.05, 3.63) is 70.2 Å². The first-order chi connectivity index (χ1) is 12.5. The van der Waals surface area contributed by atoms with E-state index in [2.05, 4.69) is 77.8 Å². The van der Waals surface area contributed by atoms with Crippen LogP contribution in [0, 0.1) is 6.92 Å². The Bertz CT molecular complexity index is 888. The number of hydrogen-bond acceptors (Lipinski definition) is 2. The second-order valence-corrected chi connectivity index (χ2v) is 8.16. The fraction of sp³-hybridized carbons (Fsp3) is 0.318. The highest BCUT2D eigenvalue weighted by Crippen LogP contribution is 2.48. The summed E-state index contributed by atoms with van der Waals surface area (Å²) < 4.78 is 1.11. The third-order valence-corrected chi connectivity index (χ3v) is 6.32. The van der Waals surface area contributed by atoms with Crippen molar-refractivity contribution in [3.63, 3.8) is 0 Å². The smallest absolute Gasteiger partial charge is 0.251 e. The van der Waals surface area contributed by atoms with Crippen molar-refractivity contribution < 1.29 is 4.79 Å². The molecule has 1 heterocycles. The van der Waals surface area contributed by atoms with Crippen molar-refractivity contribution >= 4 is 33.2 Å². The van der Waals surface area contributed by atoms with Crippen molar-refractivity contribution in [2.45, 2.75) is 31.7 Å². The highest BCUT2D eigenvalue weighted by molar-refractivity contribution is 9.10. The minimum absolute atomic E-state index is 0.000208. The van der Waals surface area contributed by atoms with E-state index in [9.17, 15) is 4.79 Å². The van der Waals surface area contributed by atoms with Gasteiger partial charge < -0.3 is 4.90 Å². The number of aryl methyl sites for hydroxylation is 1. The maximum Gasteiger partial charge on any atom is 0.251 e. The molecule has 0 radical (unpaired) electrons. The van der Waals surface area contributed by atoms with Crippen LogP contribution in [0.5, 0.6) is 0 Å². The van der Waals surface area contributed by atoms with Gasteiger partial charge in [-0.1, -0.05) is 40.7 Å². The Hall–Kier alpha value is -2.07. The SMILES string of the molecule is C=CC(=O)N(c1cc(C)c(Br)cc1C1CC1)C1CN(C)c2ccccc21. The topological polar surface area (TPSA) is 23.6 Å². The Morgan fingerprint density at radius 1 is 1.27 bits per heavy atom. The minimum atomic E-state index is -0.0382. The van der Waals surface area contributed by atoms with Gasteiger partial charge in [-0.05, 0) is 61.1 Å². The first kappa shape index (κ1) is 17.3. The molecule has 0 spiro atoms. The van der Waals surface area contributed by atoms with Crippen molar-refractivity contribution in [2.24, 2.45) is 0 Å². The van der Waals surface area contributed by atoms with Crippen molar-refractivity contribution in [3.8, 4) is 0 Å². The lowest BCUT2D eigenvalue weighted by Gasteiger charge is -2.31. The maximum absolute atomic E-state index is 13.0. The quantitative estimate of drug-likeness (QED) is 0.634. The Morgan fingerprint density at radius 2 is 2.00 bits per heavy atom. The molecule has 2 aromatic rings. The number of anilines is 2. The molecule has 1 unspecified atom stereocenters. The molecule has 0 aromatic heterocycles. The molecule has 2 aliphatic rings. The number of hydrogen-bond donors (Lipinski definition) is 0. The number of nitrogens with zero attached hydrogens (tertiary/aromatic N) is 2. The van der Waals surface area contributed by atoms with E-state index in [0.717, 1.165) is 22.3 Å². The summed E-state index contributed by atoms with van der Waals surface area (Å²) in [6.07, 6.45) is 3.83. The Labute approximate surface area is 163 Å². The molecule has 1 aliphatic heterocycles. The number of amides is 1. The number of para-hydroxylation sites is 1. The number of halogens is 1. The zero-order chi connectivity index (χ0) is 18.4. The van der Waals surface area contributed by atoms with Gasteiger partial charge in [0.25, 0.3) is 5.91 Å². The van der Waals surface area contributed by atoms with Gasteiger partial charge in [0.1, 0.15) is 0 Å². The Balaban J connectivity index is 1.87. The first-order valence-electron chi connectivity index (χ1n) is 9.07. The maximum atomic E-state index is 13.0. The van der Waals surface area contributed by atoms with Gasteiger partial charge in [0, 0.05) is 35.0 Å². The van der Waals surface area contributed by atoms with E-state index in [1.165, 1.54) is 35.7 Å². The molecule has 2 aromatic carbocycles.